The van der Waals surface area contributed by atoms with Crippen molar-refractivity contribution in [3.8, 4) is 0 Å². The van der Waals surface area contributed by atoms with Crippen LogP contribution in [0.3, 0.4) is 0 Å². The molecule has 0 bridgehead atoms. The first kappa shape index (κ1) is 13.2. The van der Waals surface area contributed by atoms with Gasteiger partial charge in [-0.1, -0.05) is 12.1 Å². The fourth-order valence-electron chi connectivity index (χ4n) is 1.51. The number of carbonyl (C=O) groups excluding carboxylic acids is 1. The van der Waals surface area contributed by atoms with E-state index in [1.54, 1.807) is 17.5 Å². The van der Waals surface area contributed by atoms with Crippen LogP contribution in [-0.4, -0.2) is 22.0 Å². The second-order valence-electron chi connectivity index (χ2n) is 3.94. The van der Waals surface area contributed by atoms with Gasteiger partial charge in [-0.3, -0.25) is 4.79 Å². The molecular weight excluding hydrogens is 264 g/mol. The largest absolute Gasteiger partial charge is 0.478 e. The van der Waals surface area contributed by atoms with Crippen molar-refractivity contribution in [1.29, 1.82) is 0 Å². The van der Waals surface area contributed by atoms with E-state index >= 15 is 0 Å². The van der Waals surface area contributed by atoms with E-state index in [1.807, 2.05) is 6.92 Å². The van der Waals surface area contributed by atoms with Gasteiger partial charge in [-0.15, -0.1) is 11.3 Å². The maximum atomic E-state index is 11.7. The number of hydrogen-bond acceptors (Lipinski definition) is 4. The molecule has 0 atom stereocenters. The third-order valence-corrected chi connectivity index (χ3v) is 3.28. The van der Waals surface area contributed by atoms with Crippen molar-refractivity contribution in [2.45, 2.75) is 13.5 Å². The Labute approximate surface area is 113 Å². The first-order chi connectivity index (χ1) is 9.06. The highest BCUT2D eigenvalue weighted by molar-refractivity contribution is 7.09. The van der Waals surface area contributed by atoms with Crippen molar-refractivity contribution in [3.05, 3.63) is 51.5 Å². The van der Waals surface area contributed by atoms with Gasteiger partial charge < -0.3 is 10.4 Å². The second-order valence-corrected chi connectivity index (χ2v) is 5.00. The number of thiazole rings is 1. The van der Waals surface area contributed by atoms with Crippen molar-refractivity contribution in [2.75, 3.05) is 0 Å². The molecule has 2 aromatic rings. The van der Waals surface area contributed by atoms with Gasteiger partial charge >= 0.3 is 5.97 Å². The molecule has 0 unspecified atom stereocenters. The number of rotatable bonds is 4. The van der Waals surface area contributed by atoms with E-state index in [0.29, 0.717) is 12.2 Å². The Bertz CT molecular complexity index is 605. The molecule has 5 nitrogen and oxygen atoms in total. The summed E-state index contributed by atoms with van der Waals surface area (Å²) in [6, 6.07) is 6.37. The fourth-order valence-corrected chi connectivity index (χ4v) is 2.10. The van der Waals surface area contributed by atoms with Crippen molar-refractivity contribution in [1.82, 2.24) is 10.3 Å². The van der Waals surface area contributed by atoms with Gasteiger partial charge in [-0.05, 0) is 24.6 Å². The topological polar surface area (TPSA) is 79.3 Å². The van der Waals surface area contributed by atoms with Crippen molar-refractivity contribution >= 4 is 23.2 Å². The third kappa shape index (κ3) is 3.38. The molecule has 1 aromatic carbocycles. The summed E-state index contributed by atoms with van der Waals surface area (Å²) >= 11 is 1.42. The van der Waals surface area contributed by atoms with Gasteiger partial charge in [0.25, 0.3) is 5.91 Å². The van der Waals surface area contributed by atoms with Crippen molar-refractivity contribution in [3.63, 3.8) is 0 Å². The number of nitrogens with one attached hydrogen (secondary N) is 1. The van der Waals surface area contributed by atoms with Crippen LogP contribution in [-0.2, 0) is 6.54 Å². The second kappa shape index (κ2) is 5.62. The maximum Gasteiger partial charge on any atom is 0.335 e. The number of aromatic nitrogens is 1. The summed E-state index contributed by atoms with van der Waals surface area (Å²) in [5.74, 6) is -1.19. The van der Waals surface area contributed by atoms with E-state index in [2.05, 4.69) is 10.3 Å². The highest BCUT2D eigenvalue weighted by Gasteiger charge is 2.09. The van der Waals surface area contributed by atoms with Gasteiger partial charge in [0.1, 0.15) is 5.69 Å². The Hall–Kier alpha value is -2.21. The molecule has 6 heteroatoms. The van der Waals surface area contributed by atoms with Gasteiger partial charge in [-0.2, -0.15) is 0 Å². The molecule has 1 heterocycles. The number of aryl methyl sites for hydroxylation is 1. The molecule has 0 saturated heterocycles. The number of nitrogens with zero attached hydrogens (tertiary/aromatic N) is 1. The van der Waals surface area contributed by atoms with Crippen LogP contribution < -0.4 is 5.32 Å². The van der Waals surface area contributed by atoms with Crippen LogP contribution in [0.25, 0.3) is 0 Å². The minimum atomic E-state index is -0.964. The van der Waals surface area contributed by atoms with E-state index in [0.717, 1.165) is 10.6 Å². The molecule has 0 spiro atoms. The Morgan fingerprint density at radius 3 is 2.53 bits per heavy atom. The molecule has 98 valence electrons. The molecular formula is C13H12N2O3S. The molecule has 1 aromatic heterocycles. The molecule has 0 aliphatic carbocycles. The first-order valence-electron chi connectivity index (χ1n) is 5.59. The average molecular weight is 276 g/mol. The van der Waals surface area contributed by atoms with Gasteiger partial charge in [0.2, 0.25) is 0 Å². The zero-order valence-corrected chi connectivity index (χ0v) is 11.0. The number of benzene rings is 1. The number of amides is 1. The number of carbonyl (C=O) groups is 2. The van der Waals surface area contributed by atoms with E-state index < -0.39 is 5.97 Å². The Morgan fingerprint density at radius 1 is 1.32 bits per heavy atom. The highest BCUT2D eigenvalue weighted by Crippen LogP contribution is 2.08. The van der Waals surface area contributed by atoms with Crippen LogP contribution in [0.4, 0.5) is 0 Å². The molecule has 19 heavy (non-hydrogen) atoms. The molecule has 2 rings (SSSR count). The number of aromatic carboxylic acids is 1. The summed E-state index contributed by atoms with van der Waals surface area (Å²) in [7, 11) is 0. The lowest BCUT2D eigenvalue weighted by atomic mass is 10.1. The average Bonchev–Trinajstić information content (AvgIpc) is 2.83. The minimum absolute atomic E-state index is 0.227. The summed E-state index contributed by atoms with van der Waals surface area (Å²) in [5.41, 5.74) is 1.47. The van der Waals surface area contributed by atoms with Gasteiger partial charge in [0, 0.05) is 11.9 Å². The summed E-state index contributed by atoms with van der Waals surface area (Å²) in [6.07, 6.45) is 0. The van der Waals surface area contributed by atoms with Gasteiger partial charge in [-0.25, -0.2) is 9.78 Å². The smallest absolute Gasteiger partial charge is 0.335 e. The standard InChI is InChI=1S/C13H12N2O3S/c1-8-15-11(7-19-8)12(16)14-6-9-2-4-10(5-3-9)13(17)18/h2-5,7H,6H2,1H3,(H,14,16)(H,17,18). The predicted molar refractivity (Wildman–Crippen MR) is 71.4 cm³/mol. The fraction of sp³-hybridized carbons (Fsp3) is 0.154. The van der Waals surface area contributed by atoms with Gasteiger partial charge in [0.15, 0.2) is 0 Å². The van der Waals surface area contributed by atoms with Crippen LogP contribution in [0, 0.1) is 6.92 Å². The molecule has 0 radical (unpaired) electrons. The van der Waals surface area contributed by atoms with Crippen molar-refractivity contribution in [2.24, 2.45) is 0 Å². The molecule has 1 amide bonds. The van der Waals surface area contributed by atoms with Crippen LogP contribution in [0.5, 0.6) is 0 Å². The van der Waals surface area contributed by atoms with Gasteiger partial charge in [0.05, 0.1) is 10.6 Å². The summed E-state index contributed by atoms with van der Waals surface area (Å²) in [5, 5.41) is 14.1. The third-order valence-electron chi connectivity index (χ3n) is 2.51. The number of hydrogen-bond donors (Lipinski definition) is 2. The van der Waals surface area contributed by atoms with Crippen LogP contribution in [0.2, 0.25) is 0 Å². The normalized spacial score (nSPS) is 10.2. The van der Waals surface area contributed by atoms with E-state index in [-0.39, 0.29) is 11.5 Å². The number of carboxylic acids is 1. The first-order valence-corrected chi connectivity index (χ1v) is 6.47. The van der Waals surface area contributed by atoms with Crippen LogP contribution in [0.15, 0.2) is 29.6 Å². The monoisotopic (exact) mass is 276 g/mol. The quantitative estimate of drug-likeness (QED) is 0.896. The van der Waals surface area contributed by atoms with Crippen LogP contribution >= 0.6 is 11.3 Å². The van der Waals surface area contributed by atoms with Crippen LogP contribution in [0.1, 0.15) is 31.4 Å². The zero-order valence-electron chi connectivity index (χ0n) is 10.2. The molecule has 0 aliphatic rings. The molecule has 0 saturated carbocycles. The SMILES string of the molecule is Cc1nc(C(=O)NCc2ccc(C(=O)O)cc2)cs1. The number of carboxylic acid groups (broad SMARTS) is 1. The predicted octanol–water partition coefficient (Wildman–Crippen LogP) is 2.08. The van der Waals surface area contributed by atoms with E-state index in [1.165, 1.54) is 23.5 Å². The highest BCUT2D eigenvalue weighted by atomic mass is 32.1. The zero-order chi connectivity index (χ0) is 13.8. The summed E-state index contributed by atoms with van der Waals surface area (Å²) in [6.45, 7) is 2.18. The molecule has 2 N–H and O–H groups in total. The lowest BCUT2D eigenvalue weighted by Gasteiger charge is -2.04. The Morgan fingerprint density at radius 2 is 2.00 bits per heavy atom. The van der Waals surface area contributed by atoms with E-state index in [4.69, 9.17) is 5.11 Å². The maximum absolute atomic E-state index is 11.7. The summed E-state index contributed by atoms with van der Waals surface area (Å²) < 4.78 is 0. The Kier molecular flexibility index (Phi) is 3.91. The summed E-state index contributed by atoms with van der Waals surface area (Å²) in [4.78, 5) is 26.5. The van der Waals surface area contributed by atoms with E-state index in [9.17, 15) is 9.59 Å². The lowest BCUT2D eigenvalue weighted by Crippen LogP contribution is -2.23. The minimum Gasteiger partial charge on any atom is -0.478 e. The lowest BCUT2D eigenvalue weighted by molar-refractivity contribution is 0.0696. The van der Waals surface area contributed by atoms with Crippen molar-refractivity contribution < 1.29 is 14.7 Å². The molecule has 0 aliphatic heterocycles. The Balaban J connectivity index is 1.95. The molecule has 0 fully saturated rings.